The molecule has 1 aromatic carbocycles. The Balaban J connectivity index is 2.67. The molecule has 0 unspecified atom stereocenters. The van der Waals surface area contributed by atoms with E-state index in [0.717, 1.165) is 5.56 Å². The third-order valence-electron chi connectivity index (χ3n) is 2.57. The number of benzene rings is 1. The number of halogens is 2. The Morgan fingerprint density at radius 2 is 2.17 bits per heavy atom. The molecule has 18 heavy (non-hydrogen) atoms. The van der Waals surface area contributed by atoms with Gasteiger partial charge in [0.1, 0.15) is 10.7 Å². The molecule has 0 saturated carbocycles. The summed E-state index contributed by atoms with van der Waals surface area (Å²) in [6.07, 6.45) is 0. The molecule has 94 valence electrons. The van der Waals surface area contributed by atoms with Gasteiger partial charge in [0.25, 0.3) is 0 Å². The van der Waals surface area contributed by atoms with Gasteiger partial charge in [-0.3, -0.25) is 0 Å². The molecule has 0 fully saturated rings. The van der Waals surface area contributed by atoms with Gasteiger partial charge in [-0.2, -0.15) is 0 Å². The van der Waals surface area contributed by atoms with Crippen LogP contribution >= 0.6 is 27.3 Å². The first kappa shape index (κ1) is 13.2. The first-order valence-corrected chi connectivity index (χ1v) is 6.84. The Bertz CT molecular complexity index is 607. The van der Waals surface area contributed by atoms with Crippen molar-refractivity contribution in [1.29, 1.82) is 0 Å². The summed E-state index contributed by atoms with van der Waals surface area (Å²) in [7, 11) is 1.32. The Kier molecular flexibility index (Phi) is 3.82. The molecule has 0 atom stereocenters. The SMILES string of the molecule is COC(=O)c1scc(C)c1-c1cccc(Br)c1F. The minimum atomic E-state index is -0.442. The summed E-state index contributed by atoms with van der Waals surface area (Å²) in [6.45, 7) is 1.85. The van der Waals surface area contributed by atoms with Gasteiger partial charge in [-0.15, -0.1) is 11.3 Å². The zero-order chi connectivity index (χ0) is 13.3. The number of rotatable bonds is 2. The smallest absolute Gasteiger partial charge is 0.348 e. The second-order valence-corrected chi connectivity index (χ2v) is 5.45. The quantitative estimate of drug-likeness (QED) is 0.763. The van der Waals surface area contributed by atoms with Gasteiger partial charge in [-0.1, -0.05) is 12.1 Å². The number of ether oxygens (including phenoxy) is 1. The molecule has 1 aromatic heterocycles. The van der Waals surface area contributed by atoms with Crippen LogP contribution in [0.25, 0.3) is 11.1 Å². The van der Waals surface area contributed by atoms with Crippen LogP contribution in [0, 0.1) is 12.7 Å². The maximum Gasteiger partial charge on any atom is 0.348 e. The predicted octanol–water partition coefficient (Wildman–Crippen LogP) is 4.41. The highest BCUT2D eigenvalue weighted by Gasteiger charge is 2.21. The number of methoxy groups -OCH3 is 1. The van der Waals surface area contributed by atoms with Crippen LogP contribution in [-0.2, 0) is 4.74 Å². The van der Waals surface area contributed by atoms with Crippen molar-refractivity contribution in [2.24, 2.45) is 0 Å². The van der Waals surface area contributed by atoms with E-state index in [1.807, 2.05) is 12.3 Å². The number of thiophene rings is 1. The highest BCUT2D eigenvalue weighted by Crippen LogP contribution is 2.36. The molecule has 1 heterocycles. The van der Waals surface area contributed by atoms with Gasteiger partial charge in [-0.05, 0) is 39.9 Å². The van der Waals surface area contributed by atoms with Gasteiger partial charge in [0, 0.05) is 11.1 Å². The van der Waals surface area contributed by atoms with E-state index >= 15 is 0 Å². The van der Waals surface area contributed by atoms with Crippen LogP contribution in [0.5, 0.6) is 0 Å². The summed E-state index contributed by atoms with van der Waals surface area (Å²) in [6, 6.07) is 5.01. The monoisotopic (exact) mass is 328 g/mol. The van der Waals surface area contributed by atoms with Crippen LogP contribution in [-0.4, -0.2) is 13.1 Å². The molecule has 0 aliphatic heterocycles. The van der Waals surface area contributed by atoms with E-state index in [1.54, 1.807) is 18.2 Å². The van der Waals surface area contributed by atoms with Crippen LogP contribution in [0.2, 0.25) is 0 Å². The normalized spacial score (nSPS) is 10.4. The van der Waals surface area contributed by atoms with Gasteiger partial charge in [0.05, 0.1) is 11.6 Å². The molecule has 2 rings (SSSR count). The second kappa shape index (κ2) is 5.20. The zero-order valence-corrected chi connectivity index (χ0v) is 12.2. The third-order valence-corrected chi connectivity index (χ3v) is 4.26. The van der Waals surface area contributed by atoms with Crippen molar-refractivity contribution in [2.45, 2.75) is 6.92 Å². The van der Waals surface area contributed by atoms with Gasteiger partial charge in [-0.25, -0.2) is 9.18 Å². The molecule has 0 aliphatic carbocycles. The molecule has 0 radical (unpaired) electrons. The number of carbonyl (C=O) groups is 1. The van der Waals surface area contributed by atoms with Gasteiger partial charge in [0.2, 0.25) is 0 Å². The number of aryl methyl sites for hydroxylation is 1. The van der Waals surface area contributed by atoms with Crippen molar-refractivity contribution in [2.75, 3.05) is 7.11 Å². The topological polar surface area (TPSA) is 26.3 Å². The van der Waals surface area contributed by atoms with Crippen LogP contribution < -0.4 is 0 Å². The molecule has 2 aromatic rings. The van der Waals surface area contributed by atoms with Crippen molar-refractivity contribution in [3.63, 3.8) is 0 Å². The maximum atomic E-state index is 14.1. The van der Waals surface area contributed by atoms with E-state index in [1.165, 1.54) is 18.4 Å². The highest BCUT2D eigenvalue weighted by molar-refractivity contribution is 9.10. The fourth-order valence-corrected chi connectivity index (χ4v) is 3.07. The molecule has 0 N–H and O–H groups in total. The molecular formula is C13H10BrFO2S. The van der Waals surface area contributed by atoms with Crippen molar-refractivity contribution < 1.29 is 13.9 Å². The Labute approximate surface area is 117 Å². The number of carbonyl (C=O) groups excluding carboxylic acids is 1. The van der Waals surface area contributed by atoms with Gasteiger partial charge in [0.15, 0.2) is 0 Å². The average molecular weight is 329 g/mol. The second-order valence-electron chi connectivity index (χ2n) is 3.72. The lowest BCUT2D eigenvalue weighted by Gasteiger charge is -2.07. The first-order chi connectivity index (χ1) is 8.56. The molecule has 0 spiro atoms. The molecular weight excluding hydrogens is 319 g/mol. The first-order valence-electron chi connectivity index (χ1n) is 5.17. The van der Waals surface area contributed by atoms with Crippen LogP contribution in [0.1, 0.15) is 15.2 Å². The van der Waals surface area contributed by atoms with Crippen LogP contribution in [0.4, 0.5) is 4.39 Å². The summed E-state index contributed by atoms with van der Waals surface area (Å²) in [5.41, 5.74) is 1.87. The third kappa shape index (κ3) is 2.20. The van der Waals surface area contributed by atoms with Crippen molar-refractivity contribution in [3.05, 3.63) is 44.3 Å². The lowest BCUT2D eigenvalue weighted by Crippen LogP contribution is -2.01. The van der Waals surface area contributed by atoms with Crippen molar-refractivity contribution >= 4 is 33.2 Å². The minimum absolute atomic E-state index is 0.371. The predicted molar refractivity (Wildman–Crippen MR) is 73.5 cm³/mol. The van der Waals surface area contributed by atoms with E-state index in [4.69, 9.17) is 4.74 Å². The minimum Gasteiger partial charge on any atom is -0.465 e. The summed E-state index contributed by atoms with van der Waals surface area (Å²) in [5, 5.41) is 1.82. The lowest BCUT2D eigenvalue weighted by atomic mass is 10.0. The van der Waals surface area contributed by atoms with Crippen molar-refractivity contribution in [3.8, 4) is 11.1 Å². The fraction of sp³-hybridized carbons (Fsp3) is 0.154. The highest BCUT2D eigenvalue weighted by atomic mass is 79.9. The lowest BCUT2D eigenvalue weighted by molar-refractivity contribution is 0.0607. The molecule has 2 nitrogen and oxygen atoms in total. The zero-order valence-electron chi connectivity index (χ0n) is 9.79. The van der Waals surface area contributed by atoms with E-state index in [0.29, 0.717) is 20.5 Å². The molecule has 0 bridgehead atoms. The average Bonchev–Trinajstić information content (AvgIpc) is 2.74. The van der Waals surface area contributed by atoms with E-state index < -0.39 is 5.97 Å². The maximum absolute atomic E-state index is 14.1. The Hall–Kier alpha value is -1.20. The molecule has 0 amide bonds. The molecule has 0 aliphatic rings. The Morgan fingerprint density at radius 3 is 2.83 bits per heavy atom. The van der Waals surface area contributed by atoms with E-state index in [-0.39, 0.29) is 5.82 Å². The van der Waals surface area contributed by atoms with Crippen molar-refractivity contribution in [1.82, 2.24) is 0 Å². The Morgan fingerprint density at radius 1 is 1.44 bits per heavy atom. The van der Waals surface area contributed by atoms with Crippen LogP contribution in [0.15, 0.2) is 28.1 Å². The van der Waals surface area contributed by atoms with E-state index in [9.17, 15) is 9.18 Å². The standard InChI is InChI=1S/C13H10BrFO2S/c1-7-6-18-12(13(16)17-2)10(7)8-4-3-5-9(14)11(8)15/h3-6H,1-2H3. The summed E-state index contributed by atoms with van der Waals surface area (Å²) in [4.78, 5) is 12.1. The summed E-state index contributed by atoms with van der Waals surface area (Å²) in [5.74, 6) is -0.813. The van der Waals surface area contributed by atoms with E-state index in [2.05, 4.69) is 15.9 Å². The summed E-state index contributed by atoms with van der Waals surface area (Å²) >= 11 is 4.41. The summed E-state index contributed by atoms with van der Waals surface area (Å²) < 4.78 is 19.2. The number of hydrogen-bond acceptors (Lipinski definition) is 3. The number of esters is 1. The fourth-order valence-electron chi connectivity index (χ4n) is 1.72. The largest absolute Gasteiger partial charge is 0.465 e. The van der Waals surface area contributed by atoms with Gasteiger partial charge < -0.3 is 4.74 Å². The van der Waals surface area contributed by atoms with Crippen LogP contribution in [0.3, 0.4) is 0 Å². The molecule has 0 saturated heterocycles. The van der Waals surface area contributed by atoms with Gasteiger partial charge >= 0.3 is 5.97 Å². The number of hydrogen-bond donors (Lipinski definition) is 0. The molecule has 5 heteroatoms.